The Morgan fingerprint density at radius 2 is 1.59 bits per heavy atom. The summed E-state index contributed by atoms with van der Waals surface area (Å²) in [6.45, 7) is 11.1. The Morgan fingerprint density at radius 3 is 2.17 bits per heavy atom. The SMILES string of the molecule is CC.CCOC(=O)CC(=C/C=C(\C)OC)/C=C/C(C)=C/C=C(\C=C(/C)CNC(=O)NCc1ccccc1)C(F)(F)F. The number of nitrogens with one attached hydrogen (secondary N) is 2. The van der Waals surface area contributed by atoms with Crippen LogP contribution in [0.4, 0.5) is 18.0 Å². The van der Waals surface area contributed by atoms with E-state index in [4.69, 9.17) is 9.47 Å². The van der Waals surface area contributed by atoms with Crippen molar-refractivity contribution in [3.63, 3.8) is 0 Å². The first kappa shape index (κ1) is 37.0. The van der Waals surface area contributed by atoms with Crippen LogP contribution < -0.4 is 10.6 Å². The molecule has 0 aliphatic rings. The molecule has 2 N–H and O–H groups in total. The van der Waals surface area contributed by atoms with Crippen LogP contribution in [0.15, 0.2) is 101 Å². The first-order valence-corrected chi connectivity index (χ1v) is 13.4. The molecular formula is C32H43F3N2O4. The zero-order chi connectivity index (χ0) is 31.3. The van der Waals surface area contributed by atoms with Gasteiger partial charge in [-0.15, -0.1) is 0 Å². The first-order valence-electron chi connectivity index (χ1n) is 13.4. The molecule has 226 valence electrons. The van der Waals surface area contributed by atoms with Crippen LogP contribution in [0.3, 0.4) is 0 Å². The molecule has 0 aliphatic carbocycles. The Balaban J connectivity index is 0.00000781. The van der Waals surface area contributed by atoms with Crippen molar-refractivity contribution in [1.29, 1.82) is 0 Å². The molecule has 1 rings (SSSR count). The van der Waals surface area contributed by atoms with E-state index in [1.54, 1.807) is 45.1 Å². The molecule has 9 heteroatoms. The highest BCUT2D eigenvalue weighted by Gasteiger charge is 2.31. The normalized spacial score (nSPS) is 13.4. The number of rotatable bonds is 13. The summed E-state index contributed by atoms with van der Waals surface area (Å²) in [6.07, 6.45) is 5.34. The summed E-state index contributed by atoms with van der Waals surface area (Å²) in [5.74, 6) is 0.209. The van der Waals surface area contributed by atoms with E-state index >= 15 is 0 Å². The van der Waals surface area contributed by atoms with Crippen LogP contribution in [0.1, 0.15) is 53.5 Å². The van der Waals surface area contributed by atoms with Gasteiger partial charge in [0.05, 0.1) is 31.5 Å². The molecule has 41 heavy (non-hydrogen) atoms. The van der Waals surface area contributed by atoms with Crippen molar-refractivity contribution in [2.45, 2.75) is 60.7 Å². The number of hydrogen-bond acceptors (Lipinski definition) is 4. The van der Waals surface area contributed by atoms with Gasteiger partial charge in [-0.1, -0.05) is 79.6 Å². The monoisotopic (exact) mass is 576 g/mol. The van der Waals surface area contributed by atoms with E-state index in [-0.39, 0.29) is 19.6 Å². The van der Waals surface area contributed by atoms with Gasteiger partial charge in [0.15, 0.2) is 0 Å². The average molecular weight is 577 g/mol. The van der Waals surface area contributed by atoms with E-state index in [0.717, 1.165) is 17.7 Å². The fourth-order valence-corrected chi connectivity index (χ4v) is 2.96. The van der Waals surface area contributed by atoms with Crippen LogP contribution in [-0.2, 0) is 20.8 Å². The van der Waals surface area contributed by atoms with Crippen LogP contribution in [0.2, 0.25) is 0 Å². The first-order chi connectivity index (χ1) is 19.4. The summed E-state index contributed by atoms with van der Waals surface area (Å²) in [7, 11) is 1.52. The molecule has 1 aromatic carbocycles. The van der Waals surface area contributed by atoms with E-state index in [0.29, 0.717) is 29.0 Å². The Hall–Kier alpha value is -4.01. The Labute approximate surface area is 242 Å². The molecule has 0 saturated heterocycles. The van der Waals surface area contributed by atoms with Gasteiger partial charge >= 0.3 is 18.2 Å². The average Bonchev–Trinajstić information content (AvgIpc) is 2.95. The van der Waals surface area contributed by atoms with Crippen LogP contribution >= 0.6 is 0 Å². The lowest BCUT2D eigenvalue weighted by atomic mass is 10.1. The van der Waals surface area contributed by atoms with E-state index in [1.165, 1.54) is 20.1 Å². The molecule has 2 amide bonds. The molecule has 0 aliphatic heterocycles. The van der Waals surface area contributed by atoms with Crippen molar-refractivity contribution in [2.24, 2.45) is 0 Å². The maximum absolute atomic E-state index is 13.6. The van der Waals surface area contributed by atoms with Gasteiger partial charge in [0, 0.05) is 13.1 Å². The van der Waals surface area contributed by atoms with Gasteiger partial charge in [-0.2, -0.15) is 13.2 Å². The van der Waals surface area contributed by atoms with Crippen LogP contribution in [0.25, 0.3) is 0 Å². The van der Waals surface area contributed by atoms with E-state index < -0.39 is 23.7 Å². The number of halogens is 3. The molecule has 0 aromatic heterocycles. The second kappa shape index (κ2) is 20.8. The molecule has 0 bridgehead atoms. The molecule has 0 fully saturated rings. The highest BCUT2D eigenvalue weighted by Crippen LogP contribution is 2.27. The van der Waals surface area contributed by atoms with Crippen molar-refractivity contribution in [3.8, 4) is 0 Å². The van der Waals surface area contributed by atoms with Gasteiger partial charge in [-0.05, 0) is 57.1 Å². The van der Waals surface area contributed by atoms with Crippen molar-refractivity contribution in [3.05, 3.63) is 106 Å². The molecule has 6 nitrogen and oxygen atoms in total. The summed E-state index contributed by atoms with van der Waals surface area (Å²) in [5.41, 5.74) is 1.51. The third kappa shape index (κ3) is 18.1. The molecule has 0 heterocycles. The number of esters is 1. The number of benzene rings is 1. The quantitative estimate of drug-likeness (QED) is 0.142. The summed E-state index contributed by atoms with van der Waals surface area (Å²) < 4.78 is 51.0. The molecule has 0 unspecified atom stereocenters. The smallest absolute Gasteiger partial charge is 0.416 e. The second-order valence-electron chi connectivity index (χ2n) is 8.58. The molecule has 0 radical (unpaired) electrons. The Morgan fingerprint density at radius 1 is 0.927 bits per heavy atom. The molecule has 0 saturated carbocycles. The van der Waals surface area contributed by atoms with Gasteiger partial charge in [0.25, 0.3) is 0 Å². The van der Waals surface area contributed by atoms with Gasteiger partial charge < -0.3 is 20.1 Å². The van der Waals surface area contributed by atoms with Crippen molar-refractivity contribution < 1.29 is 32.2 Å². The lowest BCUT2D eigenvalue weighted by Crippen LogP contribution is -2.35. The predicted molar refractivity (Wildman–Crippen MR) is 159 cm³/mol. The number of carbonyl (C=O) groups is 2. The zero-order valence-electron chi connectivity index (χ0n) is 25.0. The molecule has 0 spiro atoms. The summed E-state index contributed by atoms with van der Waals surface area (Å²) >= 11 is 0. The van der Waals surface area contributed by atoms with Crippen LogP contribution in [-0.4, -0.2) is 38.4 Å². The number of alkyl halides is 3. The van der Waals surface area contributed by atoms with Crippen molar-refractivity contribution >= 4 is 12.0 Å². The number of methoxy groups -OCH3 is 1. The largest absolute Gasteiger partial charge is 0.501 e. The van der Waals surface area contributed by atoms with Gasteiger partial charge in [-0.3, -0.25) is 4.79 Å². The van der Waals surface area contributed by atoms with Crippen LogP contribution in [0, 0.1) is 0 Å². The number of ether oxygens (including phenoxy) is 2. The third-order valence-electron chi connectivity index (χ3n) is 5.15. The van der Waals surface area contributed by atoms with Gasteiger partial charge in [0.1, 0.15) is 0 Å². The highest BCUT2D eigenvalue weighted by atomic mass is 19.4. The maximum Gasteiger partial charge on any atom is 0.416 e. The maximum atomic E-state index is 13.6. The number of amides is 2. The lowest BCUT2D eigenvalue weighted by Gasteiger charge is -2.11. The van der Waals surface area contributed by atoms with E-state index in [2.05, 4.69) is 10.6 Å². The van der Waals surface area contributed by atoms with E-state index in [1.807, 2.05) is 44.2 Å². The third-order valence-corrected chi connectivity index (χ3v) is 5.15. The highest BCUT2D eigenvalue weighted by molar-refractivity contribution is 5.74. The second-order valence-corrected chi connectivity index (χ2v) is 8.58. The van der Waals surface area contributed by atoms with Crippen LogP contribution in [0.5, 0.6) is 0 Å². The lowest BCUT2D eigenvalue weighted by molar-refractivity contribution is -0.142. The topological polar surface area (TPSA) is 76.7 Å². The summed E-state index contributed by atoms with van der Waals surface area (Å²) in [5, 5.41) is 5.22. The van der Waals surface area contributed by atoms with Crippen molar-refractivity contribution in [1.82, 2.24) is 10.6 Å². The van der Waals surface area contributed by atoms with Gasteiger partial charge in [0.2, 0.25) is 0 Å². The Kier molecular flexibility index (Phi) is 18.8. The number of urea groups is 1. The minimum atomic E-state index is -4.59. The summed E-state index contributed by atoms with van der Waals surface area (Å²) in [4.78, 5) is 23.9. The molecular weight excluding hydrogens is 533 g/mol. The number of allylic oxidation sites excluding steroid dienone is 10. The van der Waals surface area contributed by atoms with E-state index in [9.17, 15) is 22.8 Å². The Bertz CT molecular complexity index is 1130. The van der Waals surface area contributed by atoms with Gasteiger partial charge in [-0.25, -0.2) is 4.79 Å². The predicted octanol–water partition coefficient (Wildman–Crippen LogP) is 7.88. The zero-order valence-corrected chi connectivity index (χ0v) is 25.0. The number of hydrogen-bond donors (Lipinski definition) is 2. The molecule has 0 atom stereocenters. The minimum Gasteiger partial charge on any atom is -0.501 e. The fraction of sp³-hybridized carbons (Fsp3) is 0.375. The number of carbonyl (C=O) groups excluding carboxylic acids is 2. The standard InChI is InChI=1S/C30H37F3N2O4.C2H6/c1-6-39-28(36)19-25(16-14-24(4)38-5)15-12-22(2)13-17-27(30(31,32)33)18-23(3)20-34-29(37)35-21-26-10-8-7-9-11-26;1-2/h7-18H,6,19-21H2,1-5H3,(H2,34,35,37);1-2H3/b15-12+,22-13+,23-18+,24-14+,25-16+,27-17+;. The summed E-state index contributed by atoms with van der Waals surface area (Å²) in [6, 6.07) is 8.78. The fourth-order valence-electron chi connectivity index (χ4n) is 2.96. The minimum absolute atomic E-state index is 0.00259. The molecule has 1 aromatic rings. The van der Waals surface area contributed by atoms with Crippen molar-refractivity contribution in [2.75, 3.05) is 20.3 Å².